The summed E-state index contributed by atoms with van der Waals surface area (Å²) in [5.41, 5.74) is 0.366. The lowest BCUT2D eigenvalue weighted by Crippen LogP contribution is -2.57. The zero-order valence-electron chi connectivity index (χ0n) is 16.3. The van der Waals surface area contributed by atoms with Gasteiger partial charge in [0.15, 0.2) is 0 Å². The van der Waals surface area contributed by atoms with E-state index >= 15 is 0 Å². The third kappa shape index (κ3) is 5.59. The van der Waals surface area contributed by atoms with Crippen LogP contribution in [0.25, 0.3) is 0 Å². The van der Waals surface area contributed by atoms with Gasteiger partial charge in [0.1, 0.15) is 0 Å². The molecule has 0 aromatic heterocycles. The van der Waals surface area contributed by atoms with Gasteiger partial charge < -0.3 is 15.3 Å². The predicted octanol–water partition coefficient (Wildman–Crippen LogP) is 2.78. The fraction of sp³-hybridized carbons (Fsp3) is 0.895. The van der Waals surface area contributed by atoms with Crippen molar-refractivity contribution in [1.29, 1.82) is 0 Å². The van der Waals surface area contributed by atoms with Crippen molar-refractivity contribution in [3.63, 3.8) is 0 Å². The molecule has 1 saturated heterocycles. The van der Waals surface area contributed by atoms with Crippen LogP contribution < -0.4 is 5.32 Å². The van der Waals surface area contributed by atoms with Gasteiger partial charge in [0.05, 0.1) is 6.54 Å². The zero-order chi connectivity index (χ0) is 18.6. The molecule has 0 atom stereocenters. The van der Waals surface area contributed by atoms with E-state index in [4.69, 9.17) is 5.11 Å². The van der Waals surface area contributed by atoms with E-state index in [1.54, 1.807) is 0 Å². The van der Waals surface area contributed by atoms with E-state index in [2.05, 4.69) is 26.1 Å². The van der Waals surface area contributed by atoms with Crippen LogP contribution in [0.2, 0.25) is 0 Å². The van der Waals surface area contributed by atoms with Crippen molar-refractivity contribution >= 4 is 12.0 Å². The fourth-order valence-corrected chi connectivity index (χ4v) is 4.38. The largest absolute Gasteiger partial charge is 0.480 e. The molecule has 1 aliphatic heterocycles. The number of hydrogen-bond donors (Lipinski definition) is 2. The molecule has 6 heteroatoms. The van der Waals surface area contributed by atoms with Crippen LogP contribution in [0.3, 0.4) is 0 Å². The molecule has 144 valence electrons. The molecule has 1 saturated carbocycles. The molecule has 1 heterocycles. The van der Waals surface area contributed by atoms with Gasteiger partial charge in [-0.2, -0.15) is 0 Å². The van der Waals surface area contributed by atoms with E-state index in [1.165, 1.54) is 6.42 Å². The number of hydrogen-bond acceptors (Lipinski definition) is 3. The van der Waals surface area contributed by atoms with Crippen LogP contribution in [0.5, 0.6) is 0 Å². The summed E-state index contributed by atoms with van der Waals surface area (Å²) in [6, 6.07) is 0.516. The lowest BCUT2D eigenvalue weighted by molar-refractivity contribution is -0.139. The number of piperidine rings is 1. The smallest absolute Gasteiger partial charge is 0.317 e. The summed E-state index contributed by atoms with van der Waals surface area (Å²) in [4.78, 5) is 27.3. The fourth-order valence-electron chi connectivity index (χ4n) is 4.38. The maximum atomic E-state index is 12.5. The van der Waals surface area contributed by atoms with Crippen molar-refractivity contribution in [3.05, 3.63) is 0 Å². The molecule has 2 rings (SSSR count). The number of likely N-dealkylation sites (tertiary alicyclic amines) is 1. The van der Waals surface area contributed by atoms with E-state index in [0.717, 1.165) is 45.3 Å². The topological polar surface area (TPSA) is 72.9 Å². The quantitative estimate of drug-likeness (QED) is 0.738. The van der Waals surface area contributed by atoms with Crippen LogP contribution >= 0.6 is 0 Å². The summed E-state index contributed by atoms with van der Waals surface area (Å²) in [5.74, 6) is -0.0864. The summed E-state index contributed by atoms with van der Waals surface area (Å²) >= 11 is 0. The van der Waals surface area contributed by atoms with E-state index in [0.29, 0.717) is 11.3 Å². The first kappa shape index (κ1) is 20.0. The number of carboxylic acids is 1. The minimum absolute atomic E-state index is 0.0522. The zero-order valence-corrected chi connectivity index (χ0v) is 16.3. The lowest BCUT2D eigenvalue weighted by Gasteiger charge is -2.44. The van der Waals surface area contributed by atoms with Gasteiger partial charge in [0.2, 0.25) is 0 Å². The molecule has 1 aliphatic carbocycles. The Kier molecular flexibility index (Phi) is 6.72. The molecular weight excluding hydrogens is 318 g/mol. The van der Waals surface area contributed by atoms with Gasteiger partial charge in [-0.15, -0.1) is 0 Å². The second kappa shape index (κ2) is 8.39. The Morgan fingerprint density at radius 1 is 1.28 bits per heavy atom. The minimum Gasteiger partial charge on any atom is -0.480 e. The minimum atomic E-state index is -0.785. The molecule has 0 aromatic rings. The van der Waals surface area contributed by atoms with E-state index in [9.17, 15) is 9.59 Å². The molecule has 2 N–H and O–H groups in total. The molecule has 6 nitrogen and oxygen atoms in total. The van der Waals surface area contributed by atoms with E-state index in [-0.39, 0.29) is 24.7 Å². The Balaban J connectivity index is 1.71. The van der Waals surface area contributed by atoms with Crippen LogP contribution in [0, 0.1) is 11.3 Å². The summed E-state index contributed by atoms with van der Waals surface area (Å²) in [5, 5.41) is 12.1. The third-order valence-corrected chi connectivity index (χ3v) is 5.86. The first-order valence-corrected chi connectivity index (χ1v) is 9.73. The molecule has 0 spiro atoms. The Labute approximate surface area is 151 Å². The van der Waals surface area contributed by atoms with Crippen LogP contribution in [0.1, 0.15) is 59.8 Å². The standard InChI is InChI=1S/C19H35N3O3/c1-5-21(13-17(23)24)16-10-15(11-16)20-18(25)22-8-6-19(4,7-9-22)12-14(2)3/h14-16H,5-13H2,1-4H3,(H,20,25)(H,23,24). The molecule has 0 unspecified atom stereocenters. The van der Waals surface area contributed by atoms with Crippen molar-refractivity contribution in [2.45, 2.75) is 71.9 Å². The van der Waals surface area contributed by atoms with E-state index in [1.807, 2.05) is 16.7 Å². The SMILES string of the molecule is CCN(CC(=O)O)C1CC(NC(=O)N2CCC(C)(CC(C)C)CC2)C1. The van der Waals surface area contributed by atoms with Crippen molar-refractivity contribution in [1.82, 2.24) is 15.1 Å². The molecular formula is C19H35N3O3. The predicted molar refractivity (Wildman–Crippen MR) is 98.6 cm³/mol. The Bertz CT molecular complexity index is 467. The van der Waals surface area contributed by atoms with Gasteiger partial charge in [-0.3, -0.25) is 9.69 Å². The van der Waals surface area contributed by atoms with Gasteiger partial charge in [-0.1, -0.05) is 27.7 Å². The van der Waals surface area contributed by atoms with Gasteiger partial charge in [-0.25, -0.2) is 4.79 Å². The highest BCUT2D eigenvalue weighted by Gasteiger charge is 2.37. The van der Waals surface area contributed by atoms with Gasteiger partial charge in [-0.05, 0) is 50.0 Å². The Morgan fingerprint density at radius 3 is 2.36 bits per heavy atom. The highest BCUT2D eigenvalue weighted by molar-refractivity contribution is 5.74. The number of nitrogens with one attached hydrogen (secondary N) is 1. The number of nitrogens with zero attached hydrogens (tertiary/aromatic N) is 2. The maximum absolute atomic E-state index is 12.5. The third-order valence-electron chi connectivity index (χ3n) is 5.86. The number of aliphatic carboxylic acids is 1. The first-order valence-electron chi connectivity index (χ1n) is 9.73. The normalized spacial score (nSPS) is 25.8. The summed E-state index contributed by atoms with van der Waals surface area (Å²) in [7, 11) is 0. The number of rotatable bonds is 7. The molecule has 2 aliphatic rings. The van der Waals surface area contributed by atoms with Crippen molar-refractivity contribution in [2.75, 3.05) is 26.2 Å². The monoisotopic (exact) mass is 353 g/mol. The van der Waals surface area contributed by atoms with Crippen LogP contribution in [0.4, 0.5) is 4.79 Å². The highest BCUT2D eigenvalue weighted by atomic mass is 16.4. The molecule has 0 aromatic carbocycles. The maximum Gasteiger partial charge on any atom is 0.317 e. The van der Waals surface area contributed by atoms with Crippen molar-refractivity contribution < 1.29 is 14.7 Å². The van der Waals surface area contributed by atoms with Crippen molar-refractivity contribution in [2.24, 2.45) is 11.3 Å². The van der Waals surface area contributed by atoms with Gasteiger partial charge >= 0.3 is 12.0 Å². The molecule has 2 fully saturated rings. The Hall–Kier alpha value is -1.30. The number of carbonyl (C=O) groups is 2. The van der Waals surface area contributed by atoms with Crippen LogP contribution in [-0.2, 0) is 4.79 Å². The number of likely N-dealkylation sites (N-methyl/N-ethyl adjacent to an activating group) is 1. The van der Waals surface area contributed by atoms with Gasteiger partial charge in [0, 0.05) is 25.2 Å². The number of carbonyl (C=O) groups excluding carboxylic acids is 1. The second-order valence-electron chi connectivity index (χ2n) is 8.62. The average molecular weight is 354 g/mol. The number of urea groups is 1. The molecule has 25 heavy (non-hydrogen) atoms. The first-order chi connectivity index (χ1) is 11.7. The molecule has 2 amide bonds. The summed E-state index contributed by atoms with van der Waals surface area (Å²) < 4.78 is 0. The molecule has 0 radical (unpaired) electrons. The average Bonchev–Trinajstić information content (AvgIpc) is 2.47. The highest BCUT2D eigenvalue weighted by Crippen LogP contribution is 2.37. The van der Waals surface area contributed by atoms with Crippen molar-refractivity contribution in [3.8, 4) is 0 Å². The molecule has 0 bridgehead atoms. The number of carboxylic acid groups (broad SMARTS) is 1. The van der Waals surface area contributed by atoms with Crippen LogP contribution in [-0.4, -0.2) is 65.2 Å². The summed E-state index contributed by atoms with van der Waals surface area (Å²) in [6.45, 7) is 11.4. The Morgan fingerprint density at radius 2 is 1.88 bits per heavy atom. The lowest BCUT2D eigenvalue weighted by atomic mass is 9.74. The van der Waals surface area contributed by atoms with Crippen LogP contribution in [0.15, 0.2) is 0 Å². The van der Waals surface area contributed by atoms with Gasteiger partial charge in [0.25, 0.3) is 0 Å². The second-order valence-corrected chi connectivity index (χ2v) is 8.62. The van der Waals surface area contributed by atoms with E-state index < -0.39 is 5.97 Å². The summed E-state index contributed by atoms with van der Waals surface area (Å²) in [6.07, 6.45) is 5.09. The number of amides is 2.